The van der Waals surface area contributed by atoms with Crippen molar-refractivity contribution in [3.05, 3.63) is 35.9 Å². The van der Waals surface area contributed by atoms with Gasteiger partial charge in [0.1, 0.15) is 0 Å². The summed E-state index contributed by atoms with van der Waals surface area (Å²) in [6, 6.07) is 9.96. The SMILES string of the molecule is CC(C)CN(CC(C)C)C(=O)C(P)c1ccccc1. The van der Waals surface area contributed by atoms with Crippen molar-refractivity contribution < 1.29 is 4.79 Å². The molecule has 106 valence electrons. The summed E-state index contributed by atoms with van der Waals surface area (Å²) in [5, 5.41) is 0. The second-order valence-electron chi connectivity index (χ2n) is 5.92. The van der Waals surface area contributed by atoms with Crippen molar-refractivity contribution in [3.63, 3.8) is 0 Å². The average Bonchev–Trinajstić information content (AvgIpc) is 2.36. The standard InChI is InChI=1S/C16H26NOP/c1-12(2)10-17(11-13(3)4)16(18)15(19)14-8-6-5-7-9-14/h5-9,12-13,15H,10-11,19H2,1-4H3. The molecule has 3 heteroatoms. The molecule has 0 radical (unpaired) electrons. The Hall–Kier alpha value is -0.880. The van der Waals surface area contributed by atoms with Gasteiger partial charge in [-0.2, -0.15) is 0 Å². The van der Waals surface area contributed by atoms with E-state index in [0.29, 0.717) is 11.8 Å². The van der Waals surface area contributed by atoms with Crippen molar-refractivity contribution in [1.82, 2.24) is 4.90 Å². The van der Waals surface area contributed by atoms with Crippen molar-refractivity contribution in [2.24, 2.45) is 11.8 Å². The van der Waals surface area contributed by atoms with Gasteiger partial charge in [-0.1, -0.05) is 58.0 Å². The predicted octanol–water partition coefficient (Wildman–Crippen LogP) is 3.74. The Labute approximate surface area is 119 Å². The summed E-state index contributed by atoms with van der Waals surface area (Å²) in [5.74, 6) is 1.20. The van der Waals surface area contributed by atoms with E-state index in [-0.39, 0.29) is 11.6 Å². The number of amides is 1. The van der Waals surface area contributed by atoms with E-state index in [4.69, 9.17) is 0 Å². The number of rotatable bonds is 6. The first-order chi connectivity index (χ1) is 8.91. The quantitative estimate of drug-likeness (QED) is 0.726. The molecule has 19 heavy (non-hydrogen) atoms. The summed E-state index contributed by atoms with van der Waals surface area (Å²) in [4.78, 5) is 14.6. The molecule has 1 rings (SSSR count). The van der Waals surface area contributed by atoms with E-state index in [1.165, 1.54) is 0 Å². The molecule has 0 heterocycles. The first-order valence-corrected chi connectivity index (χ1v) is 7.67. The smallest absolute Gasteiger partial charge is 0.233 e. The number of hydrogen-bond donors (Lipinski definition) is 0. The van der Waals surface area contributed by atoms with Gasteiger partial charge in [-0.25, -0.2) is 0 Å². The zero-order chi connectivity index (χ0) is 14.4. The first kappa shape index (κ1) is 16.2. The molecule has 0 spiro atoms. The Balaban J connectivity index is 2.80. The molecular weight excluding hydrogens is 253 g/mol. The maximum Gasteiger partial charge on any atom is 0.233 e. The van der Waals surface area contributed by atoms with E-state index < -0.39 is 0 Å². The van der Waals surface area contributed by atoms with Gasteiger partial charge >= 0.3 is 0 Å². The van der Waals surface area contributed by atoms with Crippen LogP contribution in [0.25, 0.3) is 0 Å². The van der Waals surface area contributed by atoms with Crippen LogP contribution in [0, 0.1) is 11.8 Å². The van der Waals surface area contributed by atoms with Gasteiger partial charge in [-0.3, -0.25) is 4.79 Å². The van der Waals surface area contributed by atoms with Crippen LogP contribution in [0.15, 0.2) is 30.3 Å². The Morgan fingerprint density at radius 1 is 1.05 bits per heavy atom. The fourth-order valence-corrected chi connectivity index (χ4v) is 2.57. The third-order valence-electron chi connectivity index (χ3n) is 2.91. The summed E-state index contributed by atoms with van der Waals surface area (Å²) in [7, 11) is 2.69. The lowest BCUT2D eigenvalue weighted by Gasteiger charge is -2.29. The molecule has 2 unspecified atom stereocenters. The van der Waals surface area contributed by atoms with Gasteiger partial charge in [-0.05, 0) is 17.4 Å². The second kappa shape index (κ2) is 7.65. The van der Waals surface area contributed by atoms with Gasteiger partial charge in [0, 0.05) is 13.1 Å². The fraction of sp³-hybridized carbons (Fsp3) is 0.562. The van der Waals surface area contributed by atoms with E-state index in [0.717, 1.165) is 18.7 Å². The molecule has 0 saturated carbocycles. The van der Waals surface area contributed by atoms with Crippen molar-refractivity contribution in [1.29, 1.82) is 0 Å². The first-order valence-electron chi connectivity index (χ1n) is 7.01. The summed E-state index contributed by atoms with van der Waals surface area (Å²) in [6.07, 6.45) is 0. The molecule has 0 aliphatic carbocycles. The van der Waals surface area contributed by atoms with Crippen LogP contribution in [-0.2, 0) is 4.79 Å². The number of hydrogen-bond acceptors (Lipinski definition) is 1. The Kier molecular flexibility index (Phi) is 6.51. The highest BCUT2D eigenvalue weighted by atomic mass is 31.0. The molecule has 2 nitrogen and oxygen atoms in total. The third kappa shape index (κ3) is 5.32. The number of nitrogens with zero attached hydrogens (tertiary/aromatic N) is 1. The number of carbonyl (C=O) groups is 1. The molecule has 0 bridgehead atoms. The summed E-state index contributed by atoms with van der Waals surface area (Å²) < 4.78 is 0. The molecule has 0 aliphatic heterocycles. The molecule has 1 amide bonds. The van der Waals surface area contributed by atoms with Gasteiger partial charge in [0.25, 0.3) is 0 Å². The minimum atomic E-state index is -0.140. The zero-order valence-corrected chi connectivity index (χ0v) is 13.6. The molecule has 2 atom stereocenters. The molecule has 1 aromatic rings. The van der Waals surface area contributed by atoms with Gasteiger partial charge in [-0.15, -0.1) is 9.24 Å². The van der Waals surface area contributed by atoms with Gasteiger partial charge in [0.2, 0.25) is 5.91 Å². The zero-order valence-electron chi connectivity index (χ0n) is 12.5. The second-order valence-corrected chi connectivity index (χ2v) is 6.59. The van der Waals surface area contributed by atoms with Gasteiger partial charge in [0.15, 0.2) is 0 Å². The molecule has 0 saturated heterocycles. The normalized spacial score (nSPS) is 12.8. The van der Waals surface area contributed by atoms with Crippen LogP contribution < -0.4 is 0 Å². The predicted molar refractivity (Wildman–Crippen MR) is 85.1 cm³/mol. The summed E-state index contributed by atoms with van der Waals surface area (Å²) >= 11 is 0. The van der Waals surface area contributed by atoms with Crippen LogP contribution in [-0.4, -0.2) is 23.9 Å². The lowest BCUT2D eigenvalue weighted by Crippen LogP contribution is -2.38. The van der Waals surface area contributed by atoms with Crippen molar-refractivity contribution in [3.8, 4) is 0 Å². The van der Waals surface area contributed by atoms with E-state index in [9.17, 15) is 4.79 Å². The summed E-state index contributed by atoms with van der Waals surface area (Å²) in [5.41, 5.74) is 0.925. The maximum absolute atomic E-state index is 12.6. The van der Waals surface area contributed by atoms with Crippen LogP contribution in [0.3, 0.4) is 0 Å². The molecule has 1 aromatic carbocycles. The van der Waals surface area contributed by atoms with Crippen molar-refractivity contribution in [2.75, 3.05) is 13.1 Å². The summed E-state index contributed by atoms with van der Waals surface area (Å²) in [6.45, 7) is 10.3. The largest absolute Gasteiger partial charge is 0.341 e. The molecule has 0 aromatic heterocycles. The van der Waals surface area contributed by atoms with Crippen molar-refractivity contribution in [2.45, 2.75) is 33.4 Å². The van der Waals surface area contributed by atoms with Gasteiger partial charge < -0.3 is 4.90 Å². The molecule has 0 N–H and O–H groups in total. The number of benzene rings is 1. The highest BCUT2D eigenvalue weighted by molar-refractivity contribution is 7.19. The minimum absolute atomic E-state index is 0.140. The van der Waals surface area contributed by atoms with Crippen LogP contribution in [0.1, 0.15) is 38.9 Å². The highest BCUT2D eigenvalue weighted by Gasteiger charge is 2.23. The van der Waals surface area contributed by atoms with E-state index in [2.05, 4.69) is 36.9 Å². The van der Waals surface area contributed by atoms with E-state index >= 15 is 0 Å². The Morgan fingerprint density at radius 3 is 1.95 bits per heavy atom. The molecule has 0 aliphatic rings. The lowest BCUT2D eigenvalue weighted by atomic mass is 10.1. The molecular formula is C16H26NOP. The maximum atomic E-state index is 12.6. The number of carbonyl (C=O) groups excluding carboxylic acids is 1. The van der Waals surface area contributed by atoms with E-state index in [1.54, 1.807) is 0 Å². The Bertz CT molecular complexity index is 379. The monoisotopic (exact) mass is 279 g/mol. The third-order valence-corrected chi connectivity index (χ3v) is 3.58. The minimum Gasteiger partial charge on any atom is -0.341 e. The topological polar surface area (TPSA) is 20.3 Å². The van der Waals surface area contributed by atoms with E-state index in [1.807, 2.05) is 35.2 Å². The van der Waals surface area contributed by atoms with Crippen molar-refractivity contribution >= 4 is 15.1 Å². The fourth-order valence-electron chi connectivity index (χ4n) is 2.14. The molecule has 0 fully saturated rings. The lowest BCUT2D eigenvalue weighted by molar-refractivity contribution is -0.131. The van der Waals surface area contributed by atoms with Crippen LogP contribution >= 0.6 is 9.24 Å². The van der Waals surface area contributed by atoms with Crippen LogP contribution in [0.4, 0.5) is 0 Å². The van der Waals surface area contributed by atoms with Gasteiger partial charge in [0.05, 0.1) is 5.66 Å². The van der Waals surface area contributed by atoms with Crippen LogP contribution in [0.5, 0.6) is 0 Å². The highest BCUT2D eigenvalue weighted by Crippen LogP contribution is 2.26. The van der Waals surface area contributed by atoms with Crippen LogP contribution in [0.2, 0.25) is 0 Å². The Morgan fingerprint density at radius 2 is 1.53 bits per heavy atom. The average molecular weight is 279 g/mol.